The lowest BCUT2D eigenvalue weighted by Crippen LogP contribution is -2.60. The van der Waals surface area contributed by atoms with E-state index >= 15 is 0 Å². The van der Waals surface area contributed by atoms with Crippen molar-refractivity contribution in [1.82, 2.24) is 4.90 Å². The summed E-state index contributed by atoms with van der Waals surface area (Å²) >= 11 is 14.4. The SMILES string of the molecule is COc1cccc([C@H]2C3=CC[C@@H]4C(=O)N(c5ccc(N=Nc6ccc(N(C)C)cc6)cc5)C(=O)[C@@H]4[C@@H]3C[C@@]3(Cl)C(=O)N(C)C(=O)[C@@]23Cl)c1O. The van der Waals surface area contributed by atoms with Crippen LogP contribution in [0.4, 0.5) is 22.7 Å². The van der Waals surface area contributed by atoms with Gasteiger partial charge in [0, 0.05) is 38.3 Å². The number of para-hydroxylation sites is 1. The topological polar surface area (TPSA) is 132 Å². The summed E-state index contributed by atoms with van der Waals surface area (Å²) in [6.45, 7) is 0. The number of halogens is 2. The van der Waals surface area contributed by atoms with Crippen molar-refractivity contribution in [3.63, 3.8) is 0 Å². The van der Waals surface area contributed by atoms with E-state index in [0.717, 1.165) is 10.6 Å². The lowest BCUT2D eigenvalue weighted by Gasteiger charge is -2.50. The quantitative estimate of drug-likeness (QED) is 0.143. The van der Waals surface area contributed by atoms with E-state index < -0.39 is 51.1 Å². The van der Waals surface area contributed by atoms with Crippen LogP contribution in [-0.2, 0) is 19.2 Å². The minimum atomic E-state index is -2.01. The first-order valence-electron chi connectivity index (χ1n) is 15.8. The van der Waals surface area contributed by atoms with Crippen LogP contribution in [-0.4, -0.2) is 71.6 Å². The van der Waals surface area contributed by atoms with Gasteiger partial charge in [0.2, 0.25) is 11.8 Å². The standard InChI is InChI=1S/C36H33Cl2N5O6/c1-41(2)21-12-8-19(9-13-21)39-40-20-10-14-22(15-11-20)43-31(45)24-17-16-23-26(28(24)32(43)46)18-35(37)33(47)42(3)34(48)36(35,38)29(23)25-6-5-7-27(49-4)30(25)44/h5-16,24,26,28-29,44H,17-18H2,1-4H3/t24-,26+,28-,29+,35+,36-/m0/s1. The van der Waals surface area contributed by atoms with Crippen LogP contribution < -0.4 is 14.5 Å². The maximum atomic E-state index is 14.3. The molecule has 13 heteroatoms. The normalized spacial score (nSPS) is 29.2. The molecule has 4 aliphatic rings. The molecule has 252 valence electrons. The highest BCUT2D eigenvalue weighted by Gasteiger charge is 2.76. The Balaban J connectivity index is 1.22. The van der Waals surface area contributed by atoms with Crippen molar-refractivity contribution >= 4 is 69.6 Å². The molecule has 2 aliphatic heterocycles. The number of benzene rings is 3. The number of carbonyl (C=O) groups is 4. The highest BCUT2D eigenvalue weighted by Crippen LogP contribution is 2.66. The third-order valence-corrected chi connectivity index (χ3v) is 11.7. The predicted octanol–water partition coefficient (Wildman–Crippen LogP) is 6.08. The van der Waals surface area contributed by atoms with Gasteiger partial charge >= 0.3 is 0 Å². The van der Waals surface area contributed by atoms with Crippen molar-refractivity contribution in [1.29, 1.82) is 0 Å². The van der Waals surface area contributed by atoms with Gasteiger partial charge in [0.15, 0.2) is 21.2 Å². The molecule has 49 heavy (non-hydrogen) atoms. The second kappa shape index (κ2) is 11.7. The number of fused-ring (bicyclic) bond motifs is 4. The number of phenols is 1. The van der Waals surface area contributed by atoms with Crippen LogP contribution in [0.5, 0.6) is 11.5 Å². The third-order valence-electron chi connectivity index (χ3n) is 10.3. The van der Waals surface area contributed by atoms with Crippen molar-refractivity contribution < 1.29 is 29.0 Å². The molecule has 3 fully saturated rings. The Morgan fingerprint density at radius 2 is 1.51 bits per heavy atom. The maximum absolute atomic E-state index is 14.3. The Bertz CT molecular complexity index is 1960. The molecule has 7 rings (SSSR count). The monoisotopic (exact) mass is 701 g/mol. The van der Waals surface area contributed by atoms with Crippen molar-refractivity contribution in [2.75, 3.05) is 38.1 Å². The van der Waals surface area contributed by atoms with E-state index in [9.17, 15) is 24.3 Å². The third kappa shape index (κ3) is 4.69. The smallest absolute Gasteiger partial charge is 0.253 e. The van der Waals surface area contributed by atoms with Crippen LogP contribution in [0.15, 0.2) is 88.6 Å². The molecule has 11 nitrogen and oxygen atoms in total. The number of imide groups is 2. The molecule has 0 aromatic heterocycles. The number of azo groups is 1. The molecule has 4 amide bonds. The van der Waals surface area contributed by atoms with Gasteiger partial charge in [0.05, 0.1) is 36.0 Å². The summed E-state index contributed by atoms with van der Waals surface area (Å²) in [5.41, 5.74) is 3.42. The highest BCUT2D eigenvalue weighted by atomic mass is 35.5. The van der Waals surface area contributed by atoms with Gasteiger partial charge in [0.1, 0.15) is 0 Å². The van der Waals surface area contributed by atoms with E-state index in [-0.39, 0.29) is 35.8 Å². The Kier molecular flexibility index (Phi) is 7.83. The fourth-order valence-electron chi connectivity index (χ4n) is 7.88. The Morgan fingerprint density at radius 3 is 2.12 bits per heavy atom. The summed E-state index contributed by atoms with van der Waals surface area (Å²) in [4.78, 5) is 55.8. The molecule has 1 N–H and O–H groups in total. The van der Waals surface area contributed by atoms with Gasteiger partial charge in [-0.05, 0) is 73.4 Å². The fraction of sp³-hybridized carbons (Fsp3) is 0.333. The van der Waals surface area contributed by atoms with E-state index in [1.807, 2.05) is 49.3 Å². The number of likely N-dealkylation sites (tertiary alicyclic amines) is 1. The van der Waals surface area contributed by atoms with Crippen molar-refractivity contribution in [2.24, 2.45) is 28.0 Å². The molecule has 0 unspecified atom stereocenters. The Morgan fingerprint density at radius 1 is 0.878 bits per heavy atom. The zero-order valence-electron chi connectivity index (χ0n) is 27.1. The van der Waals surface area contributed by atoms with Crippen LogP contribution in [0, 0.1) is 17.8 Å². The molecule has 3 aromatic rings. The van der Waals surface area contributed by atoms with E-state index in [4.69, 9.17) is 27.9 Å². The lowest BCUT2D eigenvalue weighted by atomic mass is 9.56. The average molecular weight is 703 g/mol. The maximum Gasteiger partial charge on any atom is 0.253 e. The highest BCUT2D eigenvalue weighted by molar-refractivity contribution is 6.53. The van der Waals surface area contributed by atoms with Crippen molar-refractivity contribution in [3.05, 3.63) is 83.9 Å². The molecule has 2 heterocycles. The Labute approximate surface area is 292 Å². The summed E-state index contributed by atoms with van der Waals surface area (Å²) < 4.78 is 5.35. The fourth-order valence-corrected chi connectivity index (χ4v) is 8.89. The van der Waals surface area contributed by atoms with Crippen LogP contribution >= 0.6 is 23.2 Å². The van der Waals surface area contributed by atoms with E-state index in [0.29, 0.717) is 22.6 Å². The second-order valence-electron chi connectivity index (χ2n) is 13.0. The minimum Gasteiger partial charge on any atom is -0.504 e. The summed E-state index contributed by atoms with van der Waals surface area (Å²) in [6.07, 6.45) is 1.86. The molecule has 3 aromatic carbocycles. The van der Waals surface area contributed by atoms with Crippen molar-refractivity contribution in [3.8, 4) is 11.5 Å². The van der Waals surface area contributed by atoms with Gasteiger partial charge in [-0.3, -0.25) is 29.0 Å². The van der Waals surface area contributed by atoms with Gasteiger partial charge in [-0.2, -0.15) is 10.2 Å². The molecule has 1 saturated carbocycles. The first-order chi connectivity index (χ1) is 23.3. The van der Waals surface area contributed by atoms with E-state index in [2.05, 4.69) is 10.2 Å². The number of allylic oxidation sites excluding steroid dienone is 2. The van der Waals surface area contributed by atoms with E-state index in [1.165, 1.54) is 19.1 Å². The number of carbonyl (C=O) groups excluding carboxylic acids is 4. The molecule has 0 bridgehead atoms. The van der Waals surface area contributed by atoms with Crippen LogP contribution in [0.2, 0.25) is 0 Å². The number of alkyl halides is 2. The molecule has 0 spiro atoms. The summed E-state index contributed by atoms with van der Waals surface area (Å²) in [6, 6.07) is 19.0. The van der Waals surface area contributed by atoms with Crippen LogP contribution in [0.25, 0.3) is 0 Å². The lowest BCUT2D eigenvalue weighted by molar-refractivity contribution is -0.138. The minimum absolute atomic E-state index is 0.142. The number of amides is 4. The van der Waals surface area contributed by atoms with Gasteiger partial charge in [0.25, 0.3) is 11.8 Å². The van der Waals surface area contributed by atoms with Gasteiger partial charge in [-0.25, -0.2) is 0 Å². The molecular weight excluding hydrogens is 669 g/mol. The van der Waals surface area contributed by atoms with Gasteiger partial charge < -0.3 is 14.7 Å². The number of rotatable bonds is 6. The molecular formula is C36H33Cl2N5O6. The number of phenolic OH excluding ortho intramolecular Hbond substituents is 1. The summed E-state index contributed by atoms with van der Waals surface area (Å²) in [5, 5.41) is 19.9. The first-order valence-corrected chi connectivity index (χ1v) is 16.5. The summed E-state index contributed by atoms with van der Waals surface area (Å²) in [7, 11) is 6.61. The van der Waals surface area contributed by atoms with Crippen molar-refractivity contribution in [2.45, 2.75) is 28.5 Å². The Hall–Kier alpha value is -4.74. The van der Waals surface area contributed by atoms with Crippen LogP contribution in [0.1, 0.15) is 24.3 Å². The van der Waals surface area contributed by atoms with Gasteiger partial charge in [-0.15, -0.1) is 23.2 Å². The number of ether oxygens (including phenoxy) is 1. The average Bonchev–Trinajstić information content (AvgIpc) is 3.42. The largest absolute Gasteiger partial charge is 0.504 e. The molecule has 6 atom stereocenters. The number of nitrogens with zero attached hydrogens (tertiary/aromatic N) is 5. The number of hydrogen-bond donors (Lipinski definition) is 1. The molecule has 2 aliphatic carbocycles. The zero-order chi connectivity index (χ0) is 35.0. The number of anilines is 2. The predicted molar refractivity (Wildman–Crippen MR) is 184 cm³/mol. The number of hydrogen-bond acceptors (Lipinski definition) is 9. The summed E-state index contributed by atoms with van der Waals surface area (Å²) in [5.74, 6) is -5.76. The second-order valence-corrected chi connectivity index (χ2v) is 14.3. The van der Waals surface area contributed by atoms with E-state index in [1.54, 1.807) is 42.5 Å². The number of methoxy groups -OCH3 is 1. The zero-order valence-corrected chi connectivity index (χ0v) is 28.6. The van der Waals surface area contributed by atoms with Gasteiger partial charge in [-0.1, -0.05) is 23.8 Å². The van der Waals surface area contributed by atoms with Crippen LogP contribution in [0.3, 0.4) is 0 Å². The molecule has 2 saturated heterocycles. The molecule has 0 radical (unpaired) electrons. The number of aromatic hydroxyl groups is 1. The first kappa shape index (κ1) is 32.8.